The SMILES string of the molecule is Cc1ccc(/C=C/c2ccc(-c3cccs3)cc2)cc1. The maximum absolute atomic E-state index is 2.18. The normalized spacial score (nSPS) is 11.1. The van der Waals surface area contributed by atoms with Crippen LogP contribution < -0.4 is 0 Å². The van der Waals surface area contributed by atoms with E-state index in [0.717, 1.165) is 0 Å². The molecule has 1 aromatic heterocycles. The predicted octanol–water partition coefficient (Wildman–Crippen LogP) is 5.89. The van der Waals surface area contributed by atoms with E-state index in [2.05, 4.69) is 85.1 Å². The van der Waals surface area contributed by atoms with Crippen LogP contribution in [-0.4, -0.2) is 0 Å². The summed E-state index contributed by atoms with van der Waals surface area (Å²) in [4.78, 5) is 1.32. The van der Waals surface area contributed by atoms with Gasteiger partial charge in [0.05, 0.1) is 0 Å². The topological polar surface area (TPSA) is 0 Å². The fraction of sp³-hybridized carbons (Fsp3) is 0.0526. The lowest BCUT2D eigenvalue weighted by molar-refractivity contribution is 1.46. The van der Waals surface area contributed by atoms with Gasteiger partial charge in [-0.1, -0.05) is 72.3 Å². The van der Waals surface area contributed by atoms with E-state index in [1.54, 1.807) is 11.3 Å². The Labute approximate surface area is 124 Å². The maximum atomic E-state index is 2.18. The molecule has 20 heavy (non-hydrogen) atoms. The van der Waals surface area contributed by atoms with Gasteiger partial charge in [0.15, 0.2) is 0 Å². The smallest absolute Gasteiger partial charge is 0.0342 e. The Balaban J connectivity index is 1.76. The Morgan fingerprint density at radius 1 is 0.750 bits per heavy atom. The number of aryl methyl sites for hydroxylation is 1. The van der Waals surface area contributed by atoms with Crippen molar-refractivity contribution in [3.63, 3.8) is 0 Å². The largest absolute Gasteiger partial charge is 0.144 e. The average Bonchev–Trinajstić information content (AvgIpc) is 3.01. The van der Waals surface area contributed by atoms with Gasteiger partial charge in [-0.3, -0.25) is 0 Å². The van der Waals surface area contributed by atoms with Crippen LogP contribution in [0, 0.1) is 6.92 Å². The summed E-state index contributed by atoms with van der Waals surface area (Å²) < 4.78 is 0. The van der Waals surface area contributed by atoms with E-state index in [4.69, 9.17) is 0 Å². The molecule has 0 amide bonds. The first-order valence-corrected chi connectivity index (χ1v) is 7.58. The summed E-state index contributed by atoms with van der Waals surface area (Å²) in [6, 6.07) is 21.5. The lowest BCUT2D eigenvalue weighted by Gasteiger charge is -1.99. The molecular formula is C19H16S. The Bertz CT molecular complexity index is 687. The molecule has 0 bridgehead atoms. The average molecular weight is 276 g/mol. The third-order valence-corrected chi connectivity index (χ3v) is 4.18. The molecule has 0 N–H and O–H groups in total. The molecule has 0 fully saturated rings. The van der Waals surface area contributed by atoms with Crippen molar-refractivity contribution in [1.29, 1.82) is 0 Å². The van der Waals surface area contributed by atoms with Crippen LogP contribution in [-0.2, 0) is 0 Å². The van der Waals surface area contributed by atoms with Crippen LogP contribution in [0.2, 0.25) is 0 Å². The summed E-state index contributed by atoms with van der Waals surface area (Å²) in [6.07, 6.45) is 4.31. The van der Waals surface area contributed by atoms with E-state index in [-0.39, 0.29) is 0 Å². The molecular weight excluding hydrogens is 260 g/mol. The van der Waals surface area contributed by atoms with Gasteiger partial charge in [-0.05, 0) is 35.1 Å². The summed E-state index contributed by atoms with van der Waals surface area (Å²) in [7, 11) is 0. The number of hydrogen-bond acceptors (Lipinski definition) is 1. The fourth-order valence-corrected chi connectivity index (χ4v) is 2.80. The molecule has 0 radical (unpaired) electrons. The van der Waals surface area contributed by atoms with E-state index in [0.29, 0.717) is 0 Å². The summed E-state index contributed by atoms with van der Waals surface area (Å²) >= 11 is 1.78. The van der Waals surface area contributed by atoms with E-state index in [1.165, 1.54) is 27.1 Å². The van der Waals surface area contributed by atoms with Crippen molar-refractivity contribution in [1.82, 2.24) is 0 Å². The summed E-state index contributed by atoms with van der Waals surface area (Å²) in [5, 5.41) is 2.11. The highest BCUT2D eigenvalue weighted by atomic mass is 32.1. The van der Waals surface area contributed by atoms with Crippen LogP contribution in [0.3, 0.4) is 0 Å². The highest BCUT2D eigenvalue weighted by molar-refractivity contribution is 7.13. The molecule has 3 rings (SSSR count). The number of rotatable bonds is 3. The molecule has 0 nitrogen and oxygen atoms in total. The maximum Gasteiger partial charge on any atom is 0.0342 e. The van der Waals surface area contributed by atoms with Crippen molar-refractivity contribution in [3.05, 3.63) is 82.7 Å². The second kappa shape index (κ2) is 5.89. The Morgan fingerprint density at radius 3 is 1.90 bits per heavy atom. The molecule has 98 valence electrons. The van der Waals surface area contributed by atoms with Crippen molar-refractivity contribution >= 4 is 23.5 Å². The van der Waals surface area contributed by atoms with Gasteiger partial charge in [0.1, 0.15) is 0 Å². The van der Waals surface area contributed by atoms with Crippen LogP contribution in [0.1, 0.15) is 16.7 Å². The number of benzene rings is 2. The van der Waals surface area contributed by atoms with Gasteiger partial charge < -0.3 is 0 Å². The highest BCUT2D eigenvalue weighted by Crippen LogP contribution is 2.25. The molecule has 0 saturated heterocycles. The summed E-state index contributed by atoms with van der Waals surface area (Å²) in [5.74, 6) is 0. The summed E-state index contributed by atoms with van der Waals surface area (Å²) in [6.45, 7) is 2.11. The number of thiophene rings is 1. The molecule has 0 aliphatic carbocycles. The van der Waals surface area contributed by atoms with Gasteiger partial charge in [0, 0.05) is 4.88 Å². The molecule has 0 aliphatic rings. The lowest BCUT2D eigenvalue weighted by Crippen LogP contribution is -1.76. The molecule has 3 aromatic rings. The van der Waals surface area contributed by atoms with Crippen LogP contribution in [0.4, 0.5) is 0 Å². The highest BCUT2D eigenvalue weighted by Gasteiger charge is 1.97. The van der Waals surface area contributed by atoms with Gasteiger partial charge in [0.25, 0.3) is 0 Å². The van der Waals surface area contributed by atoms with E-state index in [9.17, 15) is 0 Å². The molecule has 0 spiro atoms. The van der Waals surface area contributed by atoms with Gasteiger partial charge in [-0.2, -0.15) is 0 Å². The molecule has 0 aliphatic heterocycles. The quantitative estimate of drug-likeness (QED) is 0.523. The second-order valence-corrected chi connectivity index (χ2v) is 5.79. The van der Waals surface area contributed by atoms with Crippen LogP contribution in [0.25, 0.3) is 22.6 Å². The molecule has 0 unspecified atom stereocenters. The third-order valence-electron chi connectivity index (χ3n) is 3.26. The van der Waals surface area contributed by atoms with E-state index < -0.39 is 0 Å². The van der Waals surface area contributed by atoms with Gasteiger partial charge >= 0.3 is 0 Å². The van der Waals surface area contributed by atoms with Crippen LogP contribution >= 0.6 is 11.3 Å². The Kier molecular flexibility index (Phi) is 3.80. The van der Waals surface area contributed by atoms with Crippen LogP contribution in [0.5, 0.6) is 0 Å². The molecule has 0 atom stereocenters. The minimum absolute atomic E-state index is 1.23. The van der Waals surface area contributed by atoms with Crippen molar-refractivity contribution in [2.45, 2.75) is 6.92 Å². The van der Waals surface area contributed by atoms with Crippen molar-refractivity contribution < 1.29 is 0 Å². The zero-order valence-corrected chi connectivity index (χ0v) is 12.2. The van der Waals surface area contributed by atoms with Crippen molar-refractivity contribution in [2.75, 3.05) is 0 Å². The van der Waals surface area contributed by atoms with Crippen LogP contribution in [0.15, 0.2) is 66.0 Å². The Morgan fingerprint density at radius 2 is 1.35 bits per heavy atom. The van der Waals surface area contributed by atoms with E-state index in [1.807, 2.05) is 0 Å². The summed E-state index contributed by atoms with van der Waals surface area (Å²) in [5.41, 5.74) is 5.04. The van der Waals surface area contributed by atoms with Crippen molar-refractivity contribution in [3.8, 4) is 10.4 Å². The molecule has 0 saturated carbocycles. The van der Waals surface area contributed by atoms with Crippen molar-refractivity contribution in [2.24, 2.45) is 0 Å². The van der Waals surface area contributed by atoms with Gasteiger partial charge in [0.2, 0.25) is 0 Å². The number of hydrogen-bond donors (Lipinski definition) is 0. The standard InChI is InChI=1S/C19H16S/c1-15-4-6-16(7-5-15)8-9-17-10-12-18(13-11-17)19-3-2-14-20-19/h2-14H,1H3/b9-8+. The lowest BCUT2D eigenvalue weighted by atomic mass is 10.1. The first kappa shape index (κ1) is 12.9. The molecule has 1 heteroatoms. The molecule has 1 heterocycles. The zero-order valence-electron chi connectivity index (χ0n) is 11.4. The van der Waals surface area contributed by atoms with Gasteiger partial charge in [-0.25, -0.2) is 0 Å². The fourth-order valence-electron chi connectivity index (χ4n) is 2.07. The Hall–Kier alpha value is -2.12. The van der Waals surface area contributed by atoms with Gasteiger partial charge in [-0.15, -0.1) is 11.3 Å². The first-order chi connectivity index (χ1) is 9.81. The minimum Gasteiger partial charge on any atom is -0.144 e. The zero-order chi connectivity index (χ0) is 13.8. The minimum atomic E-state index is 1.23. The third kappa shape index (κ3) is 3.06. The second-order valence-electron chi connectivity index (χ2n) is 4.84. The monoisotopic (exact) mass is 276 g/mol. The van der Waals surface area contributed by atoms with E-state index >= 15 is 0 Å². The first-order valence-electron chi connectivity index (χ1n) is 6.70. The predicted molar refractivity (Wildman–Crippen MR) is 89.9 cm³/mol. The molecule has 2 aromatic carbocycles.